The molecule has 4 heteroatoms. The third-order valence-electron chi connectivity index (χ3n) is 3.61. The monoisotopic (exact) mass is 325 g/mol. The molecule has 2 N–H and O–H groups in total. The Morgan fingerprint density at radius 1 is 1.37 bits per heavy atom. The Kier molecular flexibility index (Phi) is 5.67. The maximum atomic E-state index is 3.57. The predicted octanol–water partition coefficient (Wildman–Crippen LogP) is 2.71. The van der Waals surface area contributed by atoms with Gasteiger partial charge in [0.1, 0.15) is 0 Å². The normalized spacial score (nSPS) is 18.3. The molecule has 1 unspecified atom stereocenters. The Balaban J connectivity index is 1.77. The van der Waals surface area contributed by atoms with E-state index in [0.29, 0.717) is 5.92 Å². The van der Waals surface area contributed by atoms with Gasteiger partial charge in [0.15, 0.2) is 0 Å². The van der Waals surface area contributed by atoms with Crippen molar-refractivity contribution in [3.63, 3.8) is 0 Å². The van der Waals surface area contributed by atoms with Crippen LogP contribution in [-0.2, 0) is 0 Å². The van der Waals surface area contributed by atoms with E-state index in [2.05, 4.69) is 63.5 Å². The lowest BCUT2D eigenvalue weighted by atomic mass is 10.1. The summed E-state index contributed by atoms with van der Waals surface area (Å²) in [6.45, 7) is 11.3. The summed E-state index contributed by atoms with van der Waals surface area (Å²) in [5.41, 5.74) is 2.54. The van der Waals surface area contributed by atoms with Crippen LogP contribution in [0.5, 0.6) is 0 Å². The molecule has 1 aromatic rings. The summed E-state index contributed by atoms with van der Waals surface area (Å²) >= 11 is 3.50. The molecule has 1 fully saturated rings. The number of nitrogens with one attached hydrogen (secondary N) is 2. The van der Waals surface area contributed by atoms with Gasteiger partial charge in [0, 0.05) is 49.4 Å². The first kappa shape index (κ1) is 14.8. The van der Waals surface area contributed by atoms with Gasteiger partial charge in [-0.05, 0) is 36.6 Å². The van der Waals surface area contributed by atoms with Crippen molar-refractivity contribution >= 4 is 21.6 Å². The van der Waals surface area contributed by atoms with Gasteiger partial charge >= 0.3 is 0 Å². The van der Waals surface area contributed by atoms with Crippen molar-refractivity contribution in [3.8, 4) is 0 Å². The number of hydrogen-bond acceptors (Lipinski definition) is 3. The highest BCUT2D eigenvalue weighted by Gasteiger charge is 2.13. The number of anilines is 1. The molecule has 3 nitrogen and oxygen atoms in total. The van der Waals surface area contributed by atoms with Gasteiger partial charge in [0.25, 0.3) is 0 Å². The Hall–Kier alpha value is -0.580. The second-order valence-corrected chi connectivity index (χ2v) is 6.41. The van der Waals surface area contributed by atoms with Crippen LogP contribution >= 0.6 is 15.9 Å². The summed E-state index contributed by atoms with van der Waals surface area (Å²) < 4.78 is 1.14. The number of nitrogens with zero attached hydrogens (tertiary/aromatic N) is 1. The lowest BCUT2D eigenvalue weighted by Gasteiger charge is -2.29. The lowest BCUT2D eigenvalue weighted by molar-refractivity contribution is 0.215. The fourth-order valence-corrected chi connectivity index (χ4v) is 2.98. The maximum Gasteiger partial charge on any atom is 0.0370 e. The van der Waals surface area contributed by atoms with E-state index in [-0.39, 0.29) is 0 Å². The molecule has 1 aliphatic rings. The van der Waals surface area contributed by atoms with E-state index in [1.807, 2.05) is 0 Å². The summed E-state index contributed by atoms with van der Waals surface area (Å²) in [6.07, 6.45) is 0. The maximum absolute atomic E-state index is 3.57. The highest BCUT2D eigenvalue weighted by Crippen LogP contribution is 2.20. The van der Waals surface area contributed by atoms with Crippen molar-refractivity contribution in [2.75, 3.05) is 44.6 Å². The molecular formula is C15H24BrN3. The van der Waals surface area contributed by atoms with E-state index in [4.69, 9.17) is 0 Å². The third-order valence-corrected chi connectivity index (χ3v) is 4.10. The van der Waals surface area contributed by atoms with Crippen LogP contribution in [0.2, 0.25) is 0 Å². The highest BCUT2D eigenvalue weighted by molar-refractivity contribution is 9.10. The van der Waals surface area contributed by atoms with Gasteiger partial charge < -0.3 is 15.5 Å². The Morgan fingerprint density at radius 2 is 2.11 bits per heavy atom. The Bertz CT molecular complexity index is 402. The number of hydrogen-bond donors (Lipinski definition) is 2. The number of aryl methyl sites for hydroxylation is 1. The highest BCUT2D eigenvalue weighted by atomic mass is 79.9. The second kappa shape index (κ2) is 7.27. The molecule has 0 aliphatic carbocycles. The molecule has 1 aromatic carbocycles. The van der Waals surface area contributed by atoms with Gasteiger partial charge in [-0.1, -0.05) is 22.9 Å². The molecule has 1 heterocycles. The van der Waals surface area contributed by atoms with Crippen molar-refractivity contribution in [1.82, 2.24) is 10.2 Å². The van der Waals surface area contributed by atoms with Gasteiger partial charge in [0.2, 0.25) is 0 Å². The van der Waals surface area contributed by atoms with Crippen LogP contribution in [0.4, 0.5) is 5.69 Å². The predicted molar refractivity (Wildman–Crippen MR) is 85.8 cm³/mol. The standard InChI is InChI=1S/C15H24BrN3/c1-12(11-19-7-5-17-6-8-19)10-18-15-4-3-14(16)9-13(15)2/h3-4,9,12,17-18H,5-8,10-11H2,1-2H3. The molecule has 0 spiro atoms. The van der Waals surface area contributed by atoms with E-state index in [1.54, 1.807) is 0 Å². The molecule has 0 radical (unpaired) electrons. The molecular weight excluding hydrogens is 302 g/mol. The van der Waals surface area contributed by atoms with E-state index in [1.165, 1.54) is 30.9 Å². The largest absolute Gasteiger partial charge is 0.385 e. The number of rotatable bonds is 5. The van der Waals surface area contributed by atoms with Crippen LogP contribution < -0.4 is 10.6 Å². The first-order chi connectivity index (χ1) is 9.15. The molecule has 1 aliphatic heterocycles. The molecule has 0 saturated carbocycles. The minimum atomic E-state index is 0.668. The zero-order chi connectivity index (χ0) is 13.7. The fourth-order valence-electron chi connectivity index (χ4n) is 2.51. The summed E-state index contributed by atoms with van der Waals surface area (Å²) in [6, 6.07) is 6.40. The minimum Gasteiger partial charge on any atom is -0.385 e. The van der Waals surface area contributed by atoms with Gasteiger partial charge in [-0.15, -0.1) is 0 Å². The summed E-state index contributed by atoms with van der Waals surface area (Å²) in [7, 11) is 0. The van der Waals surface area contributed by atoms with E-state index in [9.17, 15) is 0 Å². The first-order valence-corrected chi connectivity index (χ1v) is 7.87. The van der Waals surface area contributed by atoms with Gasteiger partial charge in [0.05, 0.1) is 0 Å². The zero-order valence-electron chi connectivity index (χ0n) is 11.9. The summed E-state index contributed by atoms with van der Waals surface area (Å²) in [5, 5.41) is 6.96. The topological polar surface area (TPSA) is 27.3 Å². The van der Waals surface area contributed by atoms with Crippen LogP contribution in [-0.4, -0.2) is 44.2 Å². The van der Waals surface area contributed by atoms with E-state index < -0.39 is 0 Å². The van der Waals surface area contributed by atoms with Crippen LogP contribution in [0, 0.1) is 12.8 Å². The van der Waals surface area contributed by atoms with Gasteiger partial charge in [-0.3, -0.25) is 0 Å². The van der Waals surface area contributed by atoms with Crippen molar-refractivity contribution < 1.29 is 0 Å². The molecule has 106 valence electrons. The second-order valence-electron chi connectivity index (χ2n) is 5.50. The van der Waals surface area contributed by atoms with Crippen LogP contribution in [0.3, 0.4) is 0 Å². The van der Waals surface area contributed by atoms with Crippen molar-refractivity contribution in [2.45, 2.75) is 13.8 Å². The summed E-state index contributed by atoms with van der Waals surface area (Å²) in [4.78, 5) is 2.55. The van der Waals surface area contributed by atoms with Crippen molar-refractivity contribution in [1.29, 1.82) is 0 Å². The average Bonchev–Trinajstić information content (AvgIpc) is 2.39. The van der Waals surface area contributed by atoms with Crippen LogP contribution in [0.1, 0.15) is 12.5 Å². The lowest BCUT2D eigenvalue weighted by Crippen LogP contribution is -2.45. The smallest absolute Gasteiger partial charge is 0.0370 e. The number of piperazine rings is 1. The minimum absolute atomic E-state index is 0.668. The SMILES string of the molecule is Cc1cc(Br)ccc1NCC(C)CN1CCNCC1. The molecule has 0 aromatic heterocycles. The molecule has 0 bridgehead atoms. The fraction of sp³-hybridized carbons (Fsp3) is 0.600. The quantitative estimate of drug-likeness (QED) is 0.871. The zero-order valence-corrected chi connectivity index (χ0v) is 13.5. The van der Waals surface area contributed by atoms with Crippen LogP contribution in [0.15, 0.2) is 22.7 Å². The van der Waals surface area contributed by atoms with Gasteiger partial charge in [-0.25, -0.2) is 0 Å². The van der Waals surface area contributed by atoms with E-state index >= 15 is 0 Å². The number of benzene rings is 1. The third kappa shape index (κ3) is 4.79. The Labute approximate surface area is 124 Å². The molecule has 1 atom stereocenters. The molecule has 2 rings (SSSR count). The van der Waals surface area contributed by atoms with Crippen molar-refractivity contribution in [2.24, 2.45) is 5.92 Å². The number of halogens is 1. The Morgan fingerprint density at radius 3 is 2.79 bits per heavy atom. The molecule has 19 heavy (non-hydrogen) atoms. The van der Waals surface area contributed by atoms with Crippen LogP contribution in [0.25, 0.3) is 0 Å². The average molecular weight is 326 g/mol. The molecule has 0 amide bonds. The van der Waals surface area contributed by atoms with Gasteiger partial charge in [-0.2, -0.15) is 0 Å². The molecule has 1 saturated heterocycles. The van der Waals surface area contributed by atoms with Crippen molar-refractivity contribution in [3.05, 3.63) is 28.2 Å². The first-order valence-electron chi connectivity index (χ1n) is 7.08. The van der Waals surface area contributed by atoms with E-state index in [0.717, 1.165) is 24.1 Å². The summed E-state index contributed by atoms with van der Waals surface area (Å²) in [5.74, 6) is 0.668.